The lowest BCUT2D eigenvalue weighted by molar-refractivity contribution is 0.0390. The molecule has 5 rings (SSSR count). The van der Waals surface area contributed by atoms with E-state index in [0.29, 0.717) is 25.6 Å². The highest BCUT2D eigenvalue weighted by Gasteiger charge is 2.25. The molecule has 1 fully saturated rings. The molecule has 33 heavy (non-hydrogen) atoms. The molecule has 166 valence electrons. The van der Waals surface area contributed by atoms with Gasteiger partial charge in [0.05, 0.1) is 25.0 Å². The Morgan fingerprint density at radius 3 is 2.73 bits per heavy atom. The number of anilines is 1. The number of benzene rings is 1. The van der Waals surface area contributed by atoms with Gasteiger partial charge in [0, 0.05) is 49.4 Å². The lowest BCUT2D eigenvalue weighted by Crippen LogP contribution is -2.41. The maximum Gasteiger partial charge on any atom is 0.255 e. The van der Waals surface area contributed by atoms with Gasteiger partial charge in [0.15, 0.2) is 5.82 Å². The first-order valence-corrected chi connectivity index (χ1v) is 10.5. The third-order valence-corrected chi connectivity index (χ3v) is 5.66. The van der Waals surface area contributed by atoms with Crippen molar-refractivity contribution >= 4 is 5.95 Å². The lowest BCUT2D eigenvalue weighted by atomic mass is 10.0. The molecular formula is C24H21FN6O2. The molecule has 4 aromatic rings. The Kier molecular flexibility index (Phi) is 5.62. The lowest BCUT2D eigenvalue weighted by Gasteiger charge is -2.34. The normalized spacial score (nSPS) is 16.1. The quantitative estimate of drug-likeness (QED) is 0.478. The molecule has 0 saturated carbocycles. The first-order chi connectivity index (χ1) is 16.1. The van der Waals surface area contributed by atoms with Crippen molar-refractivity contribution < 1.29 is 9.13 Å². The number of hydrogen-bond donors (Lipinski definition) is 0. The van der Waals surface area contributed by atoms with Gasteiger partial charge in [-0.15, -0.1) is 0 Å². The first kappa shape index (κ1) is 20.9. The van der Waals surface area contributed by atoms with Crippen LogP contribution in [0.3, 0.4) is 0 Å². The molecule has 1 unspecified atom stereocenters. The Morgan fingerprint density at radius 2 is 1.91 bits per heavy atom. The number of morpholine rings is 1. The van der Waals surface area contributed by atoms with Crippen LogP contribution in [0.4, 0.5) is 10.3 Å². The third kappa shape index (κ3) is 4.22. The second-order valence-electron chi connectivity index (χ2n) is 7.75. The van der Waals surface area contributed by atoms with Crippen molar-refractivity contribution in [2.45, 2.75) is 6.10 Å². The fourth-order valence-corrected chi connectivity index (χ4v) is 3.93. The molecule has 0 spiro atoms. The zero-order valence-corrected chi connectivity index (χ0v) is 17.9. The minimum absolute atomic E-state index is 0.221. The summed E-state index contributed by atoms with van der Waals surface area (Å²) in [5.41, 5.74) is 3.18. The molecule has 3 aromatic heterocycles. The van der Waals surface area contributed by atoms with E-state index in [1.54, 1.807) is 19.4 Å². The van der Waals surface area contributed by atoms with Crippen molar-refractivity contribution in [1.29, 1.82) is 0 Å². The van der Waals surface area contributed by atoms with Gasteiger partial charge in [0.2, 0.25) is 5.95 Å². The highest BCUT2D eigenvalue weighted by molar-refractivity contribution is 5.63. The predicted octanol–water partition coefficient (Wildman–Crippen LogP) is 3.02. The maximum atomic E-state index is 14.3. The van der Waals surface area contributed by atoms with Gasteiger partial charge in [-0.25, -0.2) is 19.3 Å². The summed E-state index contributed by atoms with van der Waals surface area (Å²) in [6.45, 7) is 1.52. The summed E-state index contributed by atoms with van der Waals surface area (Å²) < 4.78 is 21.8. The number of rotatable bonds is 4. The van der Waals surface area contributed by atoms with Crippen LogP contribution >= 0.6 is 0 Å². The first-order valence-electron chi connectivity index (χ1n) is 10.5. The minimum atomic E-state index is -0.522. The summed E-state index contributed by atoms with van der Waals surface area (Å²) in [4.78, 5) is 31.2. The number of ether oxygens (including phenoxy) is 1. The van der Waals surface area contributed by atoms with E-state index in [1.165, 1.54) is 29.2 Å². The topological polar surface area (TPSA) is 86.0 Å². The van der Waals surface area contributed by atoms with Gasteiger partial charge in [-0.2, -0.15) is 0 Å². The SMILES string of the molecule is Cn1c(N2CCOC(c3cccc(-c4cncnc4)c3)C2)nc(-c2ccncc2F)cc1=O. The molecule has 0 radical (unpaired) electrons. The van der Waals surface area contributed by atoms with Crippen LogP contribution in [-0.4, -0.2) is 44.2 Å². The third-order valence-electron chi connectivity index (χ3n) is 5.66. The largest absolute Gasteiger partial charge is 0.370 e. The van der Waals surface area contributed by atoms with Crippen molar-refractivity contribution in [1.82, 2.24) is 24.5 Å². The molecule has 4 heterocycles. The number of hydrogen-bond acceptors (Lipinski definition) is 7. The van der Waals surface area contributed by atoms with E-state index in [9.17, 15) is 9.18 Å². The summed E-state index contributed by atoms with van der Waals surface area (Å²) in [6.07, 6.45) is 7.41. The highest BCUT2D eigenvalue weighted by Crippen LogP contribution is 2.29. The molecule has 0 bridgehead atoms. The molecule has 8 nitrogen and oxygen atoms in total. The number of halogens is 1. The Hall–Kier alpha value is -3.98. The molecular weight excluding hydrogens is 423 g/mol. The van der Waals surface area contributed by atoms with Gasteiger partial charge in [-0.3, -0.25) is 14.3 Å². The summed E-state index contributed by atoms with van der Waals surface area (Å²) in [7, 11) is 1.66. The zero-order chi connectivity index (χ0) is 22.8. The van der Waals surface area contributed by atoms with Gasteiger partial charge in [-0.1, -0.05) is 18.2 Å². The van der Waals surface area contributed by atoms with Crippen LogP contribution in [-0.2, 0) is 11.8 Å². The van der Waals surface area contributed by atoms with Crippen molar-refractivity contribution in [2.75, 3.05) is 24.6 Å². The zero-order valence-electron chi connectivity index (χ0n) is 17.9. The molecule has 0 aliphatic carbocycles. The Labute approximate surface area is 189 Å². The molecule has 0 amide bonds. The highest BCUT2D eigenvalue weighted by atomic mass is 19.1. The molecule has 1 aliphatic rings. The fraction of sp³-hybridized carbons (Fsp3) is 0.208. The van der Waals surface area contributed by atoms with Crippen LogP contribution in [0.2, 0.25) is 0 Å². The number of pyridine rings is 1. The van der Waals surface area contributed by atoms with Crippen LogP contribution in [0.5, 0.6) is 0 Å². The van der Waals surface area contributed by atoms with Crippen LogP contribution in [0, 0.1) is 5.82 Å². The van der Waals surface area contributed by atoms with Crippen LogP contribution < -0.4 is 10.5 Å². The maximum absolute atomic E-state index is 14.3. The molecule has 1 aliphatic heterocycles. The smallest absolute Gasteiger partial charge is 0.255 e. The standard InChI is InChI=1S/C24H21FN6O2/c1-30-23(32)10-21(19-5-6-26-13-20(19)25)29-24(30)31-7-8-33-22(14-31)17-4-2-3-16(9-17)18-11-27-15-28-12-18/h2-6,9-13,15,22H,7-8,14H2,1H3. The average molecular weight is 444 g/mol. The van der Waals surface area contributed by atoms with E-state index in [-0.39, 0.29) is 22.9 Å². The molecule has 9 heteroatoms. The Balaban J connectivity index is 1.46. The van der Waals surface area contributed by atoms with E-state index in [1.807, 2.05) is 23.1 Å². The number of aromatic nitrogens is 5. The van der Waals surface area contributed by atoms with Crippen LogP contribution in [0.1, 0.15) is 11.7 Å². The molecule has 1 aromatic carbocycles. The summed E-state index contributed by atoms with van der Waals surface area (Å²) in [5, 5.41) is 0. The van der Waals surface area contributed by atoms with Crippen molar-refractivity contribution in [3.63, 3.8) is 0 Å². The molecule has 1 saturated heterocycles. The van der Waals surface area contributed by atoms with Crippen molar-refractivity contribution in [3.05, 3.63) is 89.2 Å². The van der Waals surface area contributed by atoms with Crippen molar-refractivity contribution in [3.8, 4) is 22.4 Å². The second kappa shape index (κ2) is 8.87. The summed E-state index contributed by atoms with van der Waals surface area (Å²) in [6, 6.07) is 10.9. The van der Waals surface area contributed by atoms with E-state index < -0.39 is 5.82 Å². The van der Waals surface area contributed by atoms with E-state index >= 15 is 0 Å². The van der Waals surface area contributed by atoms with Gasteiger partial charge < -0.3 is 9.64 Å². The molecule has 0 N–H and O–H groups in total. The summed E-state index contributed by atoms with van der Waals surface area (Å²) >= 11 is 0. The van der Waals surface area contributed by atoms with Gasteiger partial charge in [-0.05, 0) is 23.3 Å². The van der Waals surface area contributed by atoms with Crippen LogP contribution in [0.25, 0.3) is 22.4 Å². The van der Waals surface area contributed by atoms with Gasteiger partial charge >= 0.3 is 0 Å². The monoisotopic (exact) mass is 444 g/mol. The van der Waals surface area contributed by atoms with Crippen LogP contribution in [0.15, 0.2) is 72.3 Å². The van der Waals surface area contributed by atoms with Gasteiger partial charge in [0.25, 0.3) is 5.56 Å². The van der Waals surface area contributed by atoms with E-state index in [0.717, 1.165) is 22.9 Å². The van der Waals surface area contributed by atoms with Crippen molar-refractivity contribution in [2.24, 2.45) is 7.05 Å². The average Bonchev–Trinajstić information content (AvgIpc) is 2.87. The van der Waals surface area contributed by atoms with Gasteiger partial charge in [0.1, 0.15) is 12.4 Å². The van der Waals surface area contributed by atoms with E-state index in [2.05, 4.69) is 26.0 Å². The predicted molar refractivity (Wildman–Crippen MR) is 121 cm³/mol. The fourth-order valence-electron chi connectivity index (χ4n) is 3.93. The molecule has 1 atom stereocenters. The second-order valence-corrected chi connectivity index (χ2v) is 7.75. The Bertz CT molecular complexity index is 1340. The number of nitrogens with zero attached hydrogens (tertiary/aromatic N) is 6. The Morgan fingerprint density at radius 1 is 1.06 bits per heavy atom. The van der Waals surface area contributed by atoms with E-state index in [4.69, 9.17) is 4.74 Å². The minimum Gasteiger partial charge on any atom is -0.370 e. The summed E-state index contributed by atoms with van der Waals surface area (Å²) in [5.74, 6) is -0.0552.